The highest BCUT2D eigenvalue weighted by Crippen LogP contribution is 2.32. The van der Waals surface area contributed by atoms with Crippen LogP contribution < -0.4 is 5.19 Å². The second-order valence-corrected chi connectivity index (χ2v) is 11.5. The molecule has 1 fully saturated rings. The largest absolute Gasteiger partial charge is 0.300 e. The summed E-state index contributed by atoms with van der Waals surface area (Å²) in [7, 11) is -1.15. The van der Waals surface area contributed by atoms with Crippen molar-refractivity contribution >= 4 is 13.3 Å². The first-order valence-corrected chi connectivity index (χ1v) is 10.8. The molecular formula is C18H27NSi. The van der Waals surface area contributed by atoms with E-state index in [-0.39, 0.29) is 0 Å². The first-order chi connectivity index (χ1) is 9.70. The Morgan fingerprint density at radius 2 is 1.90 bits per heavy atom. The molecule has 1 aromatic carbocycles. The number of nitrogens with zero attached hydrogens (tertiary/aromatic N) is 1. The van der Waals surface area contributed by atoms with Crippen molar-refractivity contribution in [2.75, 3.05) is 19.6 Å². The van der Waals surface area contributed by atoms with Crippen LogP contribution in [0.5, 0.6) is 0 Å². The van der Waals surface area contributed by atoms with Gasteiger partial charge in [-0.3, -0.25) is 0 Å². The molecule has 0 amide bonds. The fraction of sp³-hybridized carbons (Fsp3) is 0.556. The maximum Gasteiger partial charge on any atom is 0.0895 e. The first-order valence-electron chi connectivity index (χ1n) is 8.14. The third-order valence-electron chi connectivity index (χ3n) is 5.26. The van der Waals surface area contributed by atoms with E-state index in [0.29, 0.717) is 0 Å². The predicted molar refractivity (Wildman–Crippen MR) is 90.4 cm³/mol. The Kier molecular flexibility index (Phi) is 4.13. The summed E-state index contributed by atoms with van der Waals surface area (Å²) in [6, 6.07) is 13.9. The molecule has 0 bridgehead atoms. The van der Waals surface area contributed by atoms with Gasteiger partial charge in [0.2, 0.25) is 0 Å². The zero-order valence-corrected chi connectivity index (χ0v) is 14.0. The topological polar surface area (TPSA) is 3.24 Å². The van der Waals surface area contributed by atoms with Gasteiger partial charge in [0.1, 0.15) is 0 Å². The molecule has 1 nitrogen and oxygen atoms in total. The lowest BCUT2D eigenvalue weighted by Crippen LogP contribution is -2.57. The van der Waals surface area contributed by atoms with Crippen LogP contribution in [0.25, 0.3) is 0 Å². The second kappa shape index (κ2) is 5.86. The van der Waals surface area contributed by atoms with Crippen LogP contribution in [0.1, 0.15) is 25.8 Å². The Bertz CT molecular complexity index is 494. The van der Waals surface area contributed by atoms with Gasteiger partial charge in [-0.05, 0) is 51.0 Å². The van der Waals surface area contributed by atoms with Gasteiger partial charge in [0.15, 0.2) is 0 Å². The van der Waals surface area contributed by atoms with Crippen LogP contribution in [0.2, 0.25) is 18.1 Å². The standard InChI is InChI=1S/C18H27NSi/c1-16(2)9-10-19-11-14-20(15-12-19)13-5-7-17-6-3-4-8-18(17)20/h3-4,6,8-9H,5,7,10-15H2,1-2H3. The quantitative estimate of drug-likeness (QED) is 0.593. The average molecular weight is 286 g/mol. The highest BCUT2D eigenvalue weighted by atomic mass is 28.3. The van der Waals surface area contributed by atoms with E-state index in [1.165, 1.54) is 43.6 Å². The normalized spacial score (nSPS) is 21.5. The van der Waals surface area contributed by atoms with E-state index in [1.807, 2.05) is 5.19 Å². The molecule has 1 aromatic rings. The van der Waals surface area contributed by atoms with Gasteiger partial charge in [0.25, 0.3) is 0 Å². The molecule has 1 spiro atoms. The Morgan fingerprint density at radius 1 is 1.15 bits per heavy atom. The summed E-state index contributed by atoms with van der Waals surface area (Å²) in [5.74, 6) is 0. The monoisotopic (exact) mass is 285 g/mol. The van der Waals surface area contributed by atoms with Gasteiger partial charge in [0.05, 0.1) is 8.07 Å². The van der Waals surface area contributed by atoms with E-state index in [4.69, 9.17) is 0 Å². The van der Waals surface area contributed by atoms with Gasteiger partial charge >= 0.3 is 0 Å². The molecule has 1 saturated heterocycles. The lowest BCUT2D eigenvalue weighted by molar-refractivity contribution is 0.320. The van der Waals surface area contributed by atoms with E-state index in [0.717, 1.165) is 6.54 Å². The van der Waals surface area contributed by atoms with Crippen molar-refractivity contribution in [2.24, 2.45) is 0 Å². The summed E-state index contributed by atoms with van der Waals surface area (Å²) in [5.41, 5.74) is 3.13. The summed E-state index contributed by atoms with van der Waals surface area (Å²) >= 11 is 0. The minimum atomic E-state index is -1.15. The molecule has 0 atom stereocenters. The Morgan fingerprint density at radius 3 is 2.65 bits per heavy atom. The number of benzene rings is 1. The van der Waals surface area contributed by atoms with E-state index in [2.05, 4.69) is 49.1 Å². The number of rotatable bonds is 2. The van der Waals surface area contributed by atoms with Crippen molar-refractivity contribution in [3.63, 3.8) is 0 Å². The predicted octanol–water partition coefficient (Wildman–Crippen LogP) is 3.57. The van der Waals surface area contributed by atoms with Gasteiger partial charge in [-0.25, -0.2) is 0 Å². The molecule has 0 radical (unpaired) electrons. The molecule has 2 heteroatoms. The van der Waals surface area contributed by atoms with E-state index >= 15 is 0 Å². The van der Waals surface area contributed by atoms with Crippen LogP contribution in [0.3, 0.4) is 0 Å². The molecule has 20 heavy (non-hydrogen) atoms. The molecular weight excluding hydrogens is 258 g/mol. The van der Waals surface area contributed by atoms with Gasteiger partial charge in [-0.1, -0.05) is 53.6 Å². The van der Waals surface area contributed by atoms with Gasteiger partial charge in [-0.15, -0.1) is 0 Å². The van der Waals surface area contributed by atoms with E-state index in [1.54, 1.807) is 11.6 Å². The smallest absolute Gasteiger partial charge is 0.0895 e. The van der Waals surface area contributed by atoms with Crippen molar-refractivity contribution in [3.8, 4) is 0 Å². The summed E-state index contributed by atoms with van der Waals surface area (Å²) in [5, 5.41) is 1.81. The molecule has 3 rings (SSSR count). The summed E-state index contributed by atoms with van der Waals surface area (Å²) in [6.07, 6.45) is 5.15. The Labute approximate surface area is 124 Å². The van der Waals surface area contributed by atoms with Crippen LogP contribution in [0.15, 0.2) is 35.9 Å². The maximum absolute atomic E-state index is 2.66. The van der Waals surface area contributed by atoms with Crippen LogP contribution in [0.4, 0.5) is 0 Å². The van der Waals surface area contributed by atoms with Crippen molar-refractivity contribution in [1.29, 1.82) is 0 Å². The third-order valence-corrected chi connectivity index (χ3v) is 10.6. The van der Waals surface area contributed by atoms with E-state index in [9.17, 15) is 0 Å². The summed E-state index contributed by atoms with van der Waals surface area (Å²) < 4.78 is 0. The molecule has 2 aliphatic heterocycles. The average Bonchev–Trinajstić information content (AvgIpc) is 2.47. The van der Waals surface area contributed by atoms with Crippen molar-refractivity contribution < 1.29 is 0 Å². The number of hydrogen-bond donors (Lipinski definition) is 0. The summed E-state index contributed by atoms with van der Waals surface area (Å²) in [6.45, 7) is 8.22. The van der Waals surface area contributed by atoms with Gasteiger partial charge < -0.3 is 4.90 Å². The number of fused-ring (bicyclic) bond motifs is 2. The third kappa shape index (κ3) is 2.77. The highest BCUT2D eigenvalue weighted by Gasteiger charge is 2.40. The minimum Gasteiger partial charge on any atom is -0.300 e. The Hall–Kier alpha value is -0.863. The molecule has 0 N–H and O–H groups in total. The van der Waals surface area contributed by atoms with Crippen molar-refractivity contribution in [2.45, 2.75) is 44.8 Å². The minimum absolute atomic E-state index is 1.15. The number of aryl methyl sites for hydroxylation is 1. The molecule has 2 aliphatic rings. The van der Waals surface area contributed by atoms with Crippen LogP contribution in [-0.2, 0) is 6.42 Å². The van der Waals surface area contributed by atoms with Crippen LogP contribution in [-0.4, -0.2) is 32.6 Å². The molecule has 0 aliphatic carbocycles. The van der Waals surface area contributed by atoms with Crippen LogP contribution >= 0.6 is 0 Å². The molecule has 108 valence electrons. The Balaban J connectivity index is 1.73. The lowest BCUT2D eigenvalue weighted by atomic mass is 10.1. The highest BCUT2D eigenvalue weighted by molar-refractivity contribution is 6.92. The molecule has 0 aromatic heterocycles. The van der Waals surface area contributed by atoms with Crippen molar-refractivity contribution in [3.05, 3.63) is 41.5 Å². The maximum atomic E-state index is 2.66. The number of hydrogen-bond acceptors (Lipinski definition) is 1. The second-order valence-electron chi connectivity index (χ2n) is 6.87. The zero-order chi connectivity index (χ0) is 14.0. The zero-order valence-electron chi connectivity index (χ0n) is 13.0. The van der Waals surface area contributed by atoms with Crippen molar-refractivity contribution in [1.82, 2.24) is 4.90 Å². The van der Waals surface area contributed by atoms with Gasteiger partial charge in [-0.2, -0.15) is 0 Å². The molecule has 0 saturated carbocycles. The van der Waals surface area contributed by atoms with E-state index < -0.39 is 8.07 Å². The molecule has 2 heterocycles. The van der Waals surface area contributed by atoms with Gasteiger partial charge in [0, 0.05) is 6.54 Å². The lowest BCUT2D eigenvalue weighted by Gasteiger charge is -2.43. The molecule has 0 unspecified atom stereocenters. The first kappa shape index (κ1) is 14.1. The SMILES string of the molecule is CC(C)=CCN1CC[Si]2(CCCc3ccccc32)CC1. The fourth-order valence-electron chi connectivity index (χ4n) is 4.00. The number of allylic oxidation sites excluding steroid dienone is 1. The fourth-order valence-corrected chi connectivity index (χ4v) is 9.24. The van der Waals surface area contributed by atoms with Crippen LogP contribution in [0, 0.1) is 0 Å². The summed E-state index contributed by atoms with van der Waals surface area (Å²) in [4.78, 5) is 2.66.